The molecule has 0 bridgehead atoms. The molecule has 2 aromatic heterocycles. The molecule has 4 rings (SSSR count). The fourth-order valence-corrected chi connectivity index (χ4v) is 3.67. The van der Waals surface area contributed by atoms with E-state index in [1.165, 1.54) is 0 Å². The molecule has 6 heteroatoms. The van der Waals surface area contributed by atoms with Gasteiger partial charge in [-0.15, -0.1) is 0 Å². The van der Waals surface area contributed by atoms with Crippen LogP contribution < -0.4 is 0 Å². The van der Waals surface area contributed by atoms with E-state index < -0.39 is 0 Å². The smallest absolute Gasteiger partial charge is 0.253 e. The van der Waals surface area contributed by atoms with E-state index in [0.29, 0.717) is 17.5 Å². The third-order valence-electron chi connectivity index (χ3n) is 5.05. The van der Waals surface area contributed by atoms with E-state index in [2.05, 4.69) is 33.6 Å². The van der Waals surface area contributed by atoms with Gasteiger partial charge in [-0.3, -0.25) is 9.89 Å². The van der Waals surface area contributed by atoms with Gasteiger partial charge >= 0.3 is 0 Å². The van der Waals surface area contributed by atoms with Crippen molar-refractivity contribution in [3.8, 4) is 0 Å². The zero-order valence-electron chi connectivity index (χ0n) is 14.6. The van der Waals surface area contributed by atoms with Crippen molar-refractivity contribution < 1.29 is 4.79 Å². The molecule has 0 aliphatic carbocycles. The van der Waals surface area contributed by atoms with E-state index in [1.54, 1.807) is 6.20 Å². The Morgan fingerprint density at radius 1 is 1.32 bits per heavy atom. The maximum absolute atomic E-state index is 13.0. The second kappa shape index (κ2) is 6.35. The summed E-state index contributed by atoms with van der Waals surface area (Å²) in [5.41, 5.74) is 3.78. The Balaban J connectivity index is 1.57. The lowest BCUT2D eigenvalue weighted by molar-refractivity contribution is 0.0706. The van der Waals surface area contributed by atoms with E-state index >= 15 is 0 Å². The Bertz CT molecular complexity index is 881. The Morgan fingerprint density at radius 2 is 2.20 bits per heavy atom. The number of aromatic amines is 1. The van der Waals surface area contributed by atoms with Gasteiger partial charge in [-0.25, -0.2) is 4.98 Å². The van der Waals surface area contributed by atoms with Crippen molar-refractivity contribution in [3.05, 3.63) is 48.0 Å². The molecule has 1 N–H and O–H groups in total. The molecule has 0 spiro atoms. The number of imidazole rings is 1. The fourth-order valence-electron chi connectivity index (χ4n) is 3.67. The fraction of sp³-hybridized carbons (Fsp3) is 0.421. The monoisotopic (exact) mass is 337 g/mol. The van der Waals surface area contributed by atoms with Gasteiger partial charge in [0.2, 0.25) is 0 Å². The van der Waals surface area contributed by atoms with Crippen LogP contribution in [0.1, 0.15) is 54.7 Å². The van der Waals surface area contributed by atoms with Crippen LogP contribution in [0.4, 0.5) is 0 Å². The third kappa shape index (κ3) is 2.92. The minimum atomic E-state index is 0.0882. The summed E-state index contributed by atoms with van der Waals surface area (Å²) in [5.74, 6) is 0.425. The van der Waals surface area contributed by atoms with Crippen LogP contribution in [0, 0.1) is 0 Å². The lowest BCUT2D eigenvalue weighted by Crippen LogP contribution is -2.39. The van der Waals surface area contributed by atoms with Crippen LogP contribution in [0.25, 0.3) is 11.0 Å². The van der Waals surface area contributed by atoms with E-state index in [9.17, 15) is 4.79 Å². The quantitative estimate of drug-likeness (QED) is 0.797. The summed E-state index contributed by atoms with van der Waals surface area (Å²) in [6.07, 6.45) is 5.72. The molecule has 3 heterocycles. The van der Waals surface area contributed by atoms with E-state index in [-0.39, 0.29) is 5.91 Å². The second-order valence-corrected chi connectivity index (χ2v) is 7.05. The van der Waals surface area contributed by atoms with Crippen molar-refractivity contribution in [2.75, 3.05) is 13.1 Å². The SMILES string of the molecule is CC(C)n1cnc2cc(C(=O)N3CCC[C@H](c4ccn[nH]4)C3)ccc21. The molecule has 25 heavy (non-hydrogen) atoms. The lowest BCUT2D eigenvalue weighted by Gasteiger charge is -2.32. The van der Waals surface area contributed by atoms with Crippen LogP contribution in [0.3, 0.4) is 0 Å². The first kappa shape index (κ1) is 15.9. The normalized spacial score (nSPS) is 18.2. The average molecular weight is 337 g/mol. The van der Waals surface area contributed by atoms with Crippen LogP contribution in [0.5, 0.6) is 0 Å². The molecular weight excluding hydrogens is 314 g/mol. The molecule has 1 saturated heterocycles. The summed E-state index contributed by atoms with van der Waals surface area (Å²) < 4.78 is 2.12. The predicted molar refractivity (Wildman–Crippen MR) is 96.6 cm³/mol. The van der Waals surface area contributed by atoms with Gasteiger partial charge in [-0.2, -0.15) is 5.10 Å². The summed E-state index contributed by atoms with van der Waals surface area (Å²) in [4.78, 5) is 19.4. The molecule has 1 aliphatic rings. The Labute approximate surface area is 146 Å². The summed E-state index contributed by atoms with van der Waals surface area (Å²) in [6.45, 7) is 5.80. The van der Waals surface area contributed by atoms with Crippen LogP contribution in [-0.4, -0.2) is 43.6 Å². The molecule has 1 atom stereocenters. The first-order valence-corrected chi connectivity index (χ1v) is 8.88. The van der Waals surface area contributed by atoms with Gasteiger partial charge in [-0.1, -0.05) is 0 Å². The maximum Gasteiger partial charge on any atom is 0.253 e. The number of H-pyrrole nitrogens is 1. The number of piperidine rings is 1. The highest BCUT2D eigenvalue weighted by Gasteiger charge is 2.26. The van der Waals surface area contributed by atoms with Crippen molar-refractivity contribution in [2.24, 2.45) is 0 Å². The number of hydrogen-bond acceptors (Lipinski definition) is 3. The molecule has 0 unspecified atom stereocenters. The third-order valence-corrected chi connectivity index (χ3v) is 5.05. The highest BCUT2D eigenvalue weighted by Crippen LogP contribution is 2.27. The highest BCUT2D eigenvalue weighted by molar-refractivity contribution is 5.97. The standard InChI is InChI=1S/C19H23N5O/c1-13(2)24-12-20-17-10-14(5-6-18(17)24)19(25)23-9-3-4-15(11-23)16-7-8-21-22-16/h5-8,10,12-13,15H,3-4,9,11H2,1-2H3,(H,21,22)/t15-/m0/s1. The van der Waals surface area contributed by atoms with Crippen molar-refractivity contribution in [1.82, 2.24) is 24.6 Å². The number of amides is 1. The van der Waals surface area contributed by atoms with E-state index in [0.717, 1.165) is 42.7 Å². The molecular formula is C19H23N5O. The average Bonchev–Trinajstić information content (AvgIpc) is 3.30. The summed E-state index contributed by atoms with van der Waals surface area (Å²) >= 11 is 0. The lowest BCUT2D eigenvalue weighted by atomic mass is 9.94. The molecule has 6 nitrogen and oxygen atoms in total. The van der Waals surface area contributed by atoms with Gasteiger partial charge in [0, 0.05) is 42.5 Å². The molecule has 0 saturated carbocycles. The Kier molecular flexibility index (Phi) is 4.03. The molecule has 1 amide bonds. The van der Waals surface area contributed by atoms with Crippen LogP contribution in [0.2, 0.25) is 0 Å². The first-order valence-electron chi connectivity index (χ1n) is 8.88. The van der Waals surface area contributed by atoms with Gasteiger partial charge in [0.15, 0.2) is 0 Å². The number of nitrogens with zero attached hydrogens (tertiary/aromatic N) is 4. The number of fused-ring (bicyclic) bond motifs is 1. The number of carbonyl (C=O) groups excluding carboxylic acids is 1. The number of rotatable bonds is 3. The molecule has 130 valence electrons. The zero-order valence-corrected chi connectivity index (χ0v) is 14.6. The minimum absolute atomic E-state index is 0.0882. The first-order chi connectivity index (χ1) is 12.1. The number of carbonyl (C=O) groups is 1. The van der Waals surface area contributed by atoms with Crippen LogP contribution in [0.15, 0.2) is 36.8 Å². The maximum atomic E-state index is 13.0. The second-order valence-electron chi connectivity index (χ2n) is 7.05. The number of aromatic nitrogens is 4. The minimum Gasteiger partial charge on any atom is -0.338 e. The number of nitrogens with one attached hydrogen (secondary N) is 1. The zero-order chi connectivity index (χ0) is 17.4. The summed E-state index contributed by atoms with van der Waals surface area (Å²) in [6, 6.07) is 8.19. The molecule has 1 aliphatic heterocycles. The number of benzene rings is 1. The van der Waals surface area contributed by atoms with Gasteiger partial charge in [0.25, 0.3) is 5.91 Å². The Morgan fingerprint density at radius 3 is 2.96 bits per heavy atom. The highest BCUT2D eigenvalue weighted by atomic mass is 16.2. The van der Waals surface area contributed by atoms with Crippen molar-refractivity contribution in [3.63, 3.8) is 0 Å². The van der Waals surface area contributed by atoms with Gasteiger partial charge in [0.1, 0.15) is 0 Å². The topological polar surface area (TPSA) is 66.8 Å². The Hall–Kier alpha value is -2.63. The van der Waals surface area contributed by atoms with Crippen LogP contribution >= 0.6 is 0 Å². The van der Waals surface area contributed by atoms with Crippen molar-refractivity contribution >= 4 is 16.9 Å². The number of likely N-dealkylation sites (tertiary alicyclic amines) is 1. The van der Waals surface area contributed by atoms with Gasteiger partial charge in [0.05, 0.1) is 17.4 Å². The molecule has 0 radical (unpaired) electrons. The van der Waals surface area contributed by atoms with Crippen LogP contribution in [-0.2, 0) is 0 Å². The summed E-state index contributed by atoms with van der Waals surface area (Å²) in [5, 5.41) is 7.08. The summed E-state index contributed by atoms with van der Waals surface area (Å²) in [7, 11) is 0. The van der Waals surface area contributed by atoms with E-state index in [4.69, 9.17) is 0 Å². The van der Waals surface area contributed by atoms with Crippen molar-refractivity contribution in [1.29, 1.82) is 0 Å². The molecule has 3 aromatic rings. The van der Waals surface area contributed by atoms with E-state index in [1.807, 2.05) is 35.5 Å². The predicted octanol–water partition coefficient (Wildman–Crippen LogP) is 3.36. The van der Waals surface area contributed by atoms with Gasteiger partial charge < -0.3 is 9.47 Å². The largest absolute Gasteiger partial charge is 0.338 e. The number of hydrogen-bond donors (Lipinski definition) is 1. The van der Waals surface area contributed by atoms with Crippen molar-refractivity contribution in [2.45, 2.75) is 38.6 Å². The van der Waals surface area contributed by atoms with Gasteiger partial charge in [-0.05, 0) is 51.0 Å². The molecule has 1 aromatic carbocycles. The molecule has 1 fully saturated rings.